The van der Waals surface area contributed by atoms with Crippen molar-refractivity contribution in [1.82, 2.24) is 9.97 Å². The second-order valence-corrected chi connectivity index (χ2v) is 7.81. The molecule has 0 amide bonds. The van der Waals surface area contributed by atoms with E-state index < -0.39 is 0 Å². The summed E-state index contributed by atoms with van der Waals surface area (Å²) in [7, 11) is 1.87. The summed E-state index contributed by atoms with van der Waals surface area (Å²) in [5.74, 6) is 1.90. The highest BCUT2D eigenvalue weighted by molar-refractivity contribution is 5.51. The van der Waals surface area contributed by atoms with Gasteiger partial charge in [0.25, 0.3) is 0 Å². The number of anilines is 1. The van der Waals surface area contributed by atoms with Gasteiger partial charge in [0.2, 0.25) is 0 Å². The molecule has 2 saturated carbocycles. The molecule has 24 heavy (non-hydrogen) atoms. The van der Waals surface area contributed by atoms with Crippen LogP contribution in [0.2, 0.25) is 0 Å². The molecular weight excluding hydrogens is 302 g/mol. The Labute approximate surface area is 144 Å². The fraction of sp³-hybridized carbons (Fsp3) is 0.789. The summed E-state index contributed by atoms with van der Waals surface area (Å²) in [6.07, 6.45) is 9.08. The van der Waals surface area contributed by atoms with Gasteiger partial charge in [0.05, 0.1) is 17.7 Å². The van der Waals surface area contributed by atoms with Gasteiger partial charge in [0.1, 0.15) is 12.1 Å². The maximum Gasteiger partial charge on any atom is 0.135 e. The lowest BCUT2D eigenvalue weighted by Gasteiger charge is -2.44. The Morgan fingerprint density at radius 1 is 1.21 bits per heavy atom. The van der Waals surface area contributed by atoms with E-state index in [0.29, 0.717) is 12.1 Å². The van der Waals surface area contributed by atoms with Crippen LogP contribution in [0.15, 0.2) is 6.33 Å². The molecule has 3 fully saturated rings. The Balaban J connectivity index is 1.55. The number of fused-ring (bicyclic) bond motifs is 1. The molecule has 0 aromatic carbocycles. The van der Waals surface area contributed by atoms with Gasteiger partial charge < -0.3 is 14.4 Å². The van der Waals surface area contributed by atoms with E-state index in [1.807, 2.05) is 7.11 Å². The highest BCUT2D eigenvalue weighted by Gasteiger charge is 2.52. The molecular formula is C19H29N3O2. The van der Waals surface area contributed by atoms with Crippen LogP contribution < -0.4 is 4.90 Å². The average Bonchev–Trinajstić information content (AvgIpc) is 3.35. The molecule has 3 atom stereocenters. The molecule has 1 aromatic rings. The Bertz CT molecular complexity index is 604. The maximum absolute atomic E-state index is 6.23. The first-order valence-electron chi connectivity index (χ1n) is 9.34. The molecule has 1 aliphatic heterocycles. The molecule has 5 nitrogen and oxygen atoms in total. The van der Waals surface area contributed by atoms with Gasteiger partial charge in [-0.1, -0.05) is 0 Å². The summed E-state index contributed by atoms with van der Waals surface area (Å²) >= 11 is 0. The second-order valence-electron chi connectivity index (χ2n) is 7.81. The summed E-state index contributed by atoms with van der Waals surface area (Å²) in [5, 5.41) is 0. The monoisotopic (exact) mass is 331 g/mol. The zero-order chi connectivity index (χ0) is 16.7. The highest BCUT2D eigenvalue weighted by Crippen LogP contribution is 2.45. The average molecular weight is 331 g/mol. The number of hydrogen-bond donors (Lipinski definition) is 0. The summed E-state index contributed by atoms with van der Waals surface area (Å²) in [6.45, 7) is 6.14. The predicted molar refractivity (Wildman–Crippen MR) is 93.3 cm³/mol. The molecule has 0 spiro atoms. The Hall–Kier alpha value is -1.20. The third-order valence-corrected chi connectivity index (χ3v) is 6.39. The molecule has 2 heterocycles. The Morgan fingerprint density at radius 2 is 2.04 bits per heavy atom. The summed E-state index contributed by atoms with van der Waals surface area (Å²) < 4.78 is 12.3. The van der Waals surface area contributed by atoms with E-state index in [0.717, 1.165) is 56.3 Å². The van der Waals surface area contributed by atoms with Crippen molar-refractivity contribution in [1.29, 1.82) is 0 Å². The largest absolute Gasteiger partial charge is 0.378 e. The lowest BCUT2D eigenvalue weighted by atomic mass is 9.79. The molecule has 1 saturated heterocycles. The molecule has 2 aliphatic carbocycles. The van der Waals surface area contributed by atoms with Crippen LogP contribution >= 0.6 is 0 Å². The minimum Gasteiger partial charge on any atom is -0.378 e. The van der Waals surface area contributed by atoms with Crippen molar-refractivity contribution in [3.05, 3.63) is 17.6 Å². The van der Waals surface area contributed by atoms with Gasteiger partial charge in [-0.3, -0.25) is 0 Å². The third-order valence-electron chi connectivity index (χ3n) is 6.39. The number of hydrogen-bond acceptors (Lipinski definition) is 5. The second kappa shape index (κ2) is 6.26. The smallest absolute Gasteiger partial charge is 0.135 e. The van der Waals surface area contributed by atoms with Crippen molar-refractivity contribution in [2.24, 2.45) is 5.92 Å². The SMILES string of the molecule is CO[C@@]12CC[C@@H](OCC3CC3)C[C@@H]1N(c1ncnc(C)c1C)CC2. The lowest BCUT2D eigenvalue weighted by Crippen LogP contribution is -2.52. The topological polar surface area (TPSA) is 47.5 Å². The first kappa shape index (κ1) is 16.3. The molecule has 0 bridgehead atoms. The fourth-order valence-corrected chi connectivity index (χ4v) is 4.44. The van der Waals surface area contributed by atoms with Crippen LogP contribution in [0.1, 0.15) is 49.8 Å². The van der Waals surface area contributed by atoms with Gasteiger partial charge in [0.15, 0.2) is 0 Å². The van der Waals surface area contributed by atoms with Gasteiger partial charge in [-0.15, -0.1) is 0 Å². The first-order chi connectivity index (χ1) is 11.6. The number of rotatable bonds is 5. The summed E-state index contributed by atoms with van der Waals surface area (Å²) in [4.78, 5) is 11.4. The summed E-state index contributed by atoms with van der Waals surface area (Å²) in [5.41, 5.74) is 2.21. The van der Waals surface area contributed by atoms with Gasteiger partial charge in [-0.05, 0) is 58.3 Å². The number of nitrogens with zero attached hydrogens (tertiary/aromatic N) is 3. The standard InChI is InChI=1S/C19H29N3O2/c1-13-14(2)20-12-21-18(13)22-9-8-19(23-3)7-6-16(10-17(19)22)24-11-15-4-5-15/h12,15-17H,4-11H2,1-3H3/t16-,17+,19-/m1/s1. The Morgan fingerprint density at radius 3 is 2.79 bits per heavy atom. The van der Waals surface area contributed by atoms with Crippen molar-refractivity contribution >= 4 is 5.82 Å². The van der Waals surface area contributed by atoms with E-state index in [4.69, 9.17) is 9.47 Å². The Kier molecular flexibility index (Phi) is 4.25. The van der Waals surface area contributed by atoms with Gasteiger partial charge in [-0.25, -0.2) is 9.97 Å². The summed E-state index contributed by atoms with van der Waals surface area (Å²) in [6, 6.07) is 0.355. The number of ether oxygens (including phenoxy) is 2. The minimum atomic E-state index is -0.0370. The quantitative estimate of drug-likeness (QED) is 0.830. The van der Waals surface area contributed by atoms with Gasteiger partial charge in [-0.2, -0.15) is 0 Å². The fourth-order valence-electron chi connectivity index (χ4n) is 4.44. The molecule has 0 radical (unpaired) electrons. The number of aromatic nitrogens is 2. The van der Waals surface area contributed by atoms with Crippen molar-refractivity contribution in [2.75, 3.05) is 25.2 Å². The molecule has 0 N–H and O–H groups in total. The van der Waals surface area contributed by atoms with Crippen LogP contribution in [-0.2, 0) is 9.47 Å². The zero-order valence-electron chi connectivity index (χ0n) is 15.1. The van der Waals surface area contributed by atoms with E-state index in [-0.39, 0.29) is 5.60 Å². The normalized spacial score (nSPS) is 32.9. The van der Waals surface area contributed by atoms with Crippen LogP contribution in [0.4, 0.5) is 5.82 Å². The van der Waals surface area contributed by atoms with Crippen molar-refractivity contribution in [2.45, 2.75) is 70.1 Å². The van der Waals surface area contributed by atoms with Crippen molar-refractivity contribution in [3.63, 3.8) is 0 Å². The maximum atomic E-state index is 6.23. The van der Waals surface area contributed by atoms with E-state index in [2.05, 4.69) is 28.7 Å². The van der Waals surface area contributed by atoms with Crippen molar-refractivity contribution in [3.8, 4) is 0 Å². The molecule has 5 heteroatoms. The first-order valence-corrected chi connectivity index (χ1v) is 9.34. The molecule has 3 aliphatic rings. The van der Waals surface area contributed by atoms with Crippen LogP contribution in [0.25, 0.3) is 0 Å². The molecule has 4 rings (SSSR count). The van der Waals surface area contributed by atoms with Crippen LogP contribution in [0, 0.1) is 19.8 Å². The van der Waals surface area contributed by atoms with E-state index in [9.17, 15) is 0 Å². The van der Waals surface area contributed by atoms with Gasteiger partial charge in [0, 0.05) is 31.5 Å². The van der Waals surface area contributed by atoms with E-state index >= 15 is 0 Å². The van der Waals surface area contributed by atoms with E-state index in [1.165, 1.54) is 18.4 Å². The van der Waals surface area contributed by atoms with Crippen LogP contribution in [0.5, 0.6) is 0 Å². The third kappa shape index (κ3) is 2.82. The van der Waals surface area contributed by atoms with E-state index in [1.54, 1.807) is 6.33 Å². The van der Waals surface area contributed by atoms with Crippen LogP contribution in [-0.4, -0.2) is 48.0 Å². The predicted octanol–water partition coefficient (Wildman–Crippen LogP) is 3.04. The molecule has 132 valence electrons. The lowest BCUT2D eigenvalue weighted by molar-refractivity contribution is -0.0817. The number of methoxy groups -OCH3 is 1. The van der Waals surface area contributed by atoms with Crippen LogP contribution in [0.3, 0.4) is 0 Å². The zero-order valence-corrected chi connectivity index (χ0v) is 15.1. The molecule has 0 unspecified atom stereocenters. The molecule has 1 aromatic heterocycles. The van der Waals surface area contributed by atoms with Crippen molar-refractivity contribution < 1.29 is 9.47 Å². The highest BCUT2D eigenvalue weighted by atomic mass is 16.5. The number of aryl methyl sites for hydroxylation is 1. The van der Waals surface area contributed by atoms with Gasteiger partial charge >= 0.3 is 0 Å². The minimum absolute atomic E-state index is 0.0370.